The third kappa shape index (κ3) is 4.61. The molecule has 0 bridgehead atoms. The van der Waals surface area contributed by atoms with Crippen molar-refractivity contribution in [2.24, 2.45) is 11.3 Å². The molecule has 0 spiro atoms. The van der Waals surface area contributed by atoms with Crippen LogP contribution in [0.4, 0.5) is 5.00 Å². The second kappa shape index (κ2) is 9.70. The van der Waals surface area contributed by atoms with Gasteiger partial charge in [-0.25, -0.2) is 9.48 Å². The van der Waals surface area contributed by atoms with Gasteiger partial charge in [-0.1, -0.05) is 26.0 Å². The van der Waals surface area contributed by atoms with Gasteiger partial charge < -0.3 is 10.1 Å². The number of nitrogens with zero attached hydrogens (tertiary/aromatic N) is 3. The summed E-state index contributed by atoms with van der Waals surface area (Å²) in [6, 6.07) is 0. The molecule has 2 aliphatic carbocycles. The number of anilines is 1. The minimum atomic E-state index is -0.413. The largest absolute Gasteiger partial charge is 0.462 e. The van der Waals surface area contributed by atoms with Gasteiger partial charge in [0.1, 0.15) is 11.5 Å². The molecule has 192 valence electrons. The maximum absolute atomic E-state index is 13.4. The summed E-state index contributed by atoms with van der Waals surface area (Å²) in [5.74, 6) is -0.264. The number of ether oxygens (including phenoxy) is 1. The van der Waals surface area contributed by atoms with Crippen LogP contribution in [0.15, 0.2) is 4.79 Å². The highest BCUT2D eigenvalue weighted by molar-refractivity contribution is 7.18. The minimum Gasteiger partial charge on any atom is -0.462 e. The van der Waals surface area contributed by atoms with Crippen LogP contribution in [-0.4, -0.2) is 33.5 Å². The van der Waals surface area contributed by atoms with Crippen LogP contribution in [0.3, 0.4) is 0 Å². The highest BCUT2D eigenvalue weighted by Gasteiger charge is 2.32. The summed E-state index contributed by atoms with van der Waals surface area (Å²) >= 11 is 2.98. The molecule has 0 fully saturated rings. The molecule has 10 heteroatoms. The summed E-state index contributed by atoms with van der Waals surface area (Å²) in [6.45, 7) is 8.56. The van der Waals surface area contributed by atoms with Gasteiger partial charge in [-0.05, 0) is 74.3 Å². The highest BCUT2D eigenvalue weighted by atomic mass is 32.1. The summed E-state index contributed by atoms with van der Waals surface area (Å²) in [4.78, 5) is 42.0. The Morgan fingerprint density at radius 2 is 1.89 bits per heavy atom. The lowest BCUT2D eigenvalue weighted by Gasteiger charge is -2.33. The number of carbonyl (C=O) groups is 2. The Labute approximate surface area is 218 Å². The van der Waals surface area contributed by atoms with Gasteiger partial charge in [0.15, 0.2) is 4.83 Å². The first-order valence-corrected chi connectivity index (χ1v) is 14.3. The molecule has 5 rings (SSSR count). The van der Waals surface area contributed by atoms with Crippen molar-refractivity contribution in [1.29, 1.82) is 0 Å². The predicted molar refractivity (Wildman–Crippen MR) is 142 cm³/mol. The smallest absolute Gasteiger partial charge is 0.341 e. The molecule has 0 aromatic carbocycles. The zero-order valence-electron chi connectivity index (χ0n) is 21.2. The first kappa shape index (κ1) is 25.1. The van der Waals surface area contributed by atoms with E-state index in [2.05, 4.69) is 36.4 Å². The van der Waals surface area contributed by atoms with Crippen molar-refractivity contribution >= 4 is 49.8 Å². The van der Waals surface area contributed by atoms with Crippen LogP contribution >= 0.6 is 22.7 Å². The van der Waals surface area contributed by atoms with Crippen LogP contribution in [-0.2, 0) is 41.8 Å². The molecule has 1 atom stereocenters. The van der Waals surface area contributed by atoms with Crippen LogP contribution in [0.2, 0.25) is 0 Å². The molecule has 1 unspecified atom stereocenters. The molecule has 1 N–H and O–H groups in total. The fourth-order valence-electron chi connectivity index (χ4n) is 5.34. The normalized spacial score (nSPS) is 17.5. The van der Waals surface area contributed by atoms with Crippen molar-refractivity contribution < 1.29 is 14.3 Å². The van der Waals surface area contributed by atoms with E-state index >= 15 is 0 Å². The number of esters is 1. The van der Waals surface area contributed by atoms with Crippen molar-refractivity contribution in [1.82, 2.24) is 15.0 Å². The molecule has 1 amide bonds. The average molecular weight is 529 g/mol. The van der Waals surface area contributed by atoms with Crippen LogP contribution in [0.25, 0.3) is 10.2 Å². The van der Waals surface area contributed by atoms with Crippen LogP contribution in [0.5, 0.6) is 0 Å². The second-order valence-corrected chi connectivity index (χ2v) is 12.9. The van der Waals surface area contributed by atoms with E-state index in [9.17, 15) is 14.4 Å². The molecular formula is C26H32N4O4S2. The Morgan fingerprint density at radius 3 is 2.64 bits per heavy atom. The van der Waals surface area contributed by atoms with Crippen LogP contribution < -0.4 is 10.9 Å². The topological polar surface area (TPSA) is 103 Å². The first-order valence-electron chi connectivity index (χ1n) is 12.7. The van der Waals surface area contributed by atoms with E-state index in [1.165, 1.54) is 16.2 Å². The molecule has 0 aliphatic heterocycles. The van der Waals surface area contributed by atoms with E-state index in [0.29, 0.717) is 26.7 Å². The van der Waals surface area contributed by atoms with Crippen LogP contribution in [0, 0.1) is 11.3 Å². The molecule has 8 nitrogen and oxygen atoms in total. The van der Waals surface area contributed by atoms with E-state index < -0.39 is 11.9 Å². The van der Waals surface area contributed by atoms with Crippen molar-refractivity contribution in [3.8, 4) is 0 Å². The Morgan fingerprint density at radius 1 is 1.11 bits per heavy atom. The van der Waals surface area contributed by atoms with E-state index in [-0.39, 0.29) is 24.1 Å². The van der Waals surface area contributed by atoms with Crippen molar-refractivity contribution in [3.05, 3.63) is 36.8 Å². The zero-order valence-corrected chi connectivity index (χ0v) is 22.9. The summed E-state index contributed by atoms with van der Waals surface area (Å²) in [7, 11) is 0. The number of hydrogen-bond donors (Lipinski definition) is 1. The van der Waals surface area contributed by atoms with E-state index in [1.54, 1.807) is 18.3 Å². The lowest BCUT2D eigenvalue weighted by molar-refractivity contribution is -0.117. The van der Waals surface area contributed by atoms with E-state index in [1.807, 2.05) is 0 Å². The number of fused-ring (bicyclic) bond motifs is 4. The lowest BCUT2D eigenvalue weighted by Crippen LogP contribution is -2.31. The van der Waals surface area contributed by atoms with Crippen molar-refractivity contribution in [2.45, 2.75) is 79.2 Å². The molecule has 3 aromatic heterocycles. The Hall–Kier alpha value is -2.59. The standard InChI is InChI=1S/C26H32N4O4S2/c1-5-34-25(33)21-15-8-6-7-9-17(15)35-22(21)27-19(31)13-30-24(32)20-16-11-10-14(26(2,3)4)12-18(16)36-23(20)28-29-30/h14H,5-13H2,1-4H3,(H,27,31). The zero-order chi connectivity index (χ0) is 25.6. The molecular weight excluding hydrogens is 496 g/mol. The van der Waals surface area contributed by atoms with E-state index in [4.69, 9.17) is 4.74 Å². The van der Waals surface area contributed by atoms with Gasteiger partial charge in [-0.3, -0.25) is 9.59 Å². The number of thiophene rings is 2. The monoisotopic (exact) mass is 528 g/mol. The molecule has 0 saturated heterocycles. The van der Waals surface area contributed by atoms with Gasteiger partial charge >= 0.3 is 5.97 Å². The fraction of sp³-hybridized carbons (Fsp3) is 0.577. The number of hydrogen-bond acceptors (Lipinski definition) is 8. The first-order chi connectivity index (χ1) is 17.2. The van der Waals surface area contributed by atoms with E-state index in [0.717, 1.165) is 65.6 Å². The van der Waals surface area contributed by atoms with Crippen molar-refractivity contribution in [2.75, 3.05) is 11.9 Å². The molecule has 2 aliphatic rings. The Bertz CT molecular complexity index is 1400. The molecule has 3 heterocycles. The summed E-state index contributed by atoms with van der Waals surface area (Å²) in [6.07, 6.45) is 6.59. The van der Waals surface area contributed by atoms with Gasteiger partial charge in [-0.15, -0.1) is 27.8 Å². The Kier molecular flexibility index (Phi) is 6.76. The maximum atomic E-state index is 13.4. The van der Waals surface area contributed by atoms with Gasteiger partial charge in [0, 0.05) is 9.75 Å². The number of amides is 1. The predicted octanol–water partition coefficient (Wildman–Crippen LogP) is 4.76. The van der Waals surface area contributed by atoms with Gasteiger partial charge in [0.2, 0.25) is 5.91 Å². The molecule has 3 aromatic rings. The highest BCUT2D eigenvalue weighted by Crippen LogP contribution is 2.42. The SMILES string of the molecule is CCOC(=O)c1c(NC(=O)Cn2nnc3sc4c(c3c2=O)CCC(C(C)(C)C)C4)sc2c1CCCC2. The minimum absolute atomic E-state index is 0.210. The third-order valence-corrected chi connectivity index (χ3v) is 9.71. The van der Waals surface area contributed by atoms with Gasteiger partial charge in [0.25, 0.3) is 5.56 Å². The second-order valence-electron chi connectivity index (χ2n) is 10.7. The lowest BCUT2D eigenvalue weighted by atomic mass is 9.72. The van der Waals surface area contributed by atoms with Crippen molar-refractivity contribution in [3.63, 3.8) is 0 Å². The van der Waals surface area contributed by atoms with Gasteiger partial charge in [-0.2, -0.15) is 0 Å². The number of rotatable bonds is 5. The maximum Gasteiger partial charge on any atom is 0.341 e. The number of nitrogens with one attached hydrogen (secondary N) is 1. The number of aromatic nitrogens is 3. The summed E-state index contributed by atoms with van der Waals surface area (Å²) in [5, 5.41) is 12.3. The number of carbonyl (C=O) groups excluding carboxylic acids is 2. The average Bonchev–Trinajstić information content (AvgIpc) is 3.38. The summed E-state index contributed by atoms with van der Waals surface area (Å²) < 4.78 is 6.41. The Balaban J connectivity index is 1.40. The van der Waals surface area contributed by atoms with Crippen LogP contribution in [0.1, 0.15) is 78.2 Å². The van der Waals surface area contributed by atoms with Gasteiger partial charge in [0.05, 0.1) is 17.6 Å². The molecule has 36 heavy (non-hydrogen) atoms. The summed E-state index contributed by atoms with van der Waals surface area (Å²) in [5.41, 5.74) is 2.44. The molecule has 0 radical (unpaired) electrons. The molecule has 0 saturated carbocycles. The third-order valence-electron chi connectivity index (χ3n) is 7.36. The quantitative estimate of drug-likeness (QED) is 0.479. The number of aryl methyl sites for hydroxylation is 2. The fourth-order valence-corrected chi connectivity index (χ4v) is 7.87.